The number of rotatable bonds is 4. The Labute approximate surface area is 106 Å². The molecule has 1 aromatic heterocycles. The molecular formula is C12H9N3O4. The molecular weight excluding hydrogens is 250 g/mol. The highest BCUT2D eigenvalue weighted by molar-refractivity contribution is 6.50. The molecule has 0 aliphatic carbocycles. The lowest BCUT2D eigenvalue weighted by Gasteiger charge is -1.98. The molecule has 0 saturated heterocycles. The number of fused-ring (bicyclic) bond motifs is 1. The molecule has 0 saturated carbocycles. The van der Waals surface area contributed by atoms with E-state index in [4.69, 9.17) is 11.5 Å². The average molecular weight is 259 g/mol. The highest BCUT2D eigenvalue weighted by Gasteiger charge is 2.28. The molecule has 2 amide bonds. The van der Waals surface area contributed by atoms with E-state index in [-0.39, 0.29) is 11.3 Å². The Balaban J connectivity index is 2.79. The van der Waals surface area contributed by atoms with Crippen LogP contribution in [0, 0.1) is 0 Å². The first kappa shape index (κ1) is 12.5. The van der Waals surface area contributed by atoms with Gasteiger partial charge >= 0.3 is 0 Å². The van der Waals surface area contributed by atoms with Crippen LogP contribution >= 0.6 is 0 Å². The number of nitrogens with two attached hydrogens (primary N) is 2. The van der Waals surface area contributed by atoms with E-state index >= 15 is 0 Å². The molecule has 0 aliphatic rings. The van der Waals surface area contributed by atoms with Crippen LogP contribution in [-0.2, 0) is 9.59 Å². The molecule has 0 bridgehead atoms. The van der Waals surface area contributed by atoms with Gasteiger partial charge in [-0.1, -0.05) is 18.2 Å². The van der Waals surface area contributed by atoms with Crippen LogP contribution in [-0.4, -0.2) is 28.4 Å². The molecule has 0 radical (unpaired) electrons. The SMILES string of the molecule is NC(=O)C(=O)c1[nH]c2ccccc2c1C(=O)C(N)=O. The van der Waals surface area contributed by atoms with E-state index in [9.17, 15) is 19.2 Å². The fourth-order valence-electron chi connectivity index (χ4n) is 1.79. The zero-order valence-electron chi connectivity index (χ0n) is 9.60. The van der Waals surface area contributed by atoms with Crippen LogP contribution < -0.4 is 11.5 Å². The second-order valence-electron chi connectivity index (χ2n) is 3.81. The normalized spacial score (nSPS) is 10.3. The van der Waals surface area contributed by atoms with Crippen molar-refractivity contribution >= 4 is 34.3 Å². The number of Topliss-reactive ketones (excluding diaryl/α,β-unsaturated/α-hetero) is 2. The summed E-state index contributed by atoms with van der Waals surface area (Å²) in [5.74, 6) is -4.59. The number of amides is 2. The van der Waals surface area contributed by atoms with Crippen LogP contribution in [0.5, 0.6) is 0 Å². The minimum Gasteiger partial charge on any atom is -0.363 e. The van der Waals surface area contributed by atoms with Crippen molar-refractivity contribution in [3.05, 3.63) is 35.5 Å². The monoisotopic (exact) mass is 259 g/mol. The summed E-state index contributed by atoms with van der Waals surface area (Å²) in [6, 6.07) is 6.40. The van der Waals surface area contributed by atoms with Crippen molar-refractivity contribution in [2.75, 3.05) is 0 Å². The number of primary amides is 2. The molecule has 7 heteroatoms. The maximum atomic E-state index is 11.8. The molecule has 0 spiro atoms. The van der Waals surface area contributed by atoms with Crippen molar-refractivity contribution in [1.82, 2.24) is 4.98 Å². The van der Waals surface area contributed by atoms with Gasteiger partial charge in [0.05, 0.1) is 5.56 Å². The number of aromatic amines is 1. The van der Waals surface area contributed by atoms with Crippen molar-refractivity contribution in [3.8, 4) is 0 Å². The van der Waals surface area contributed by atoms with E-state index in [1.807, 2.05) is 0 Å². The lowest BCUT2D eigenvalue weighted by atomic mass is 10.0. The van der Waals surface area contributed by atoms with Gasteiger partial charge in [0.1, 0.15) is 5.69 Å². The summed E-state index contributed by atoms with van der Waals surface area (Å²) >= 11 is 0. The van der Waals surface area contributed by atoms with Crippen LogP contribution in [0.15, 0.2) is 24.3 Å². The zero-order valence-corrected chi connectivity index (χ0v) is 9.60. The van der Waals surface area contributed by atoms with Crippen molar-refractivity contribution in [1.29, 1.82) is 0 Å². The number of ketones is 2. The van der Waals surface area contributed by atoms with E-state index in [1.165, 1.54) is 6.07 Å². The Bertz CT molecular complexity index is 730. The smallest absolute Gasteiger partial charge is 0.291 e. The summed E-state index contributed by atoms with van der Waals surface area (Å²) in [7, 11) is 0. The molecule has 1 aromatic carbocycles. The summed E-state index contributed by atoms with van der Waals surface area (Å²) in [6.07, 6.45) is 0. The van der Waals surface area contributed by atoms with Crippen molar-refractivity contribution in [2.45, 2.75) is 0 Å². The number of aromatic nitrogens is 1. The van der Waals surface area contributed by atoms with Crippen LogP contribution in [0.2, 0.25) is 0 Å². The molecule has 96 valence electrons. The number of para-hydroxylation sites is 1. The van der Waals surface area contributed by atoms with E-state index < -0.39 is 23.4 Å². The molecule has 7 nitrogen and oxygen atoms in total. The first-order valence-corrected chi connectivity index (χ1v) is 5.22. The third-order valence-corrected chi connectivity index (χ3v) is 2.61. The van der Waals surface area contributed by atoms with E-state index in [1.54, 1.807) is 18.2 Å². The number of nitrogens with one attached hydrogen (secondary N) is 1. The first-order chi connectivity index (χ1) is 8.93. The molecule has 5 N–H and O–H groups in total. The largest absolute Gasteiger partial charge is 0.363 e. The van der Waals surface area contributed by atoms with Gasteiger partial charge in [0.15, 0.2) is 0 Å². The molecule has 0 fully saturated rings. The molecule has 2 aromatic rings. The molecule has 0 aliphatic heterocycles. The summed E-state index contributed by atoms with van der Waals surface area (Å²) in [4.78, 5) is 48.0. The highest BCUT2D eigenvalue weighted by Crippen LogP contribution is 2.23. The Morgan fingerprint density at radius 1 is 0.895 bits per heavy atom. The van der Waals surface area contributed by atoms with Gasteiger partial charge in [0, 0.05) is 10.9 Å². The Kier molecular flexibility index (Phi) is 2.88. The standard InChI is InChI=1S/C12H9N3O4/c13-11(18)9(16)7-5-3-1-2-4-6(5)15-8(7)10(17)12(14)19/h1-4,15H,(H2,13,18)(H2,14,19). The van der Waals surface area contributed by atoms with Gasteiger partial charge in [0.2, 0.25) is 0 Å². The first-order valence-electron chi connectivity index (χ1n) is 5.22. The summed E-state index contributed by atoms with van der Waals surface area (Å²) in [5.41, 5.74) is 9.71. The Morgan fingerprint density at radius 2 is 1.47 bits per heavy atom. The molecule has 1 heterocycles. The summed E-state index contributed by atoms with van der Waals surface area (Å²) < 4.78 is 0. The Hall–Kier alpha value is -2.96. The van der Waals surface area contributed by atoms with Gasteiger partial charge in [-0.25, -0.2) is 0 Å². The van der Waals surface area contributed by atoms with E-state index in [0.29, 0.717) is 10.9 Å². The molecule has 0 unspecified atom stereocenters. The molecule has 19 heavy (non-hydrogen) atoms. The fraction of sp³-hybridized carbons (Fsp3) is 0. The lowest BCUT2D eigenvalue weighted by molar-refractivity contribution is -0.114. The van der Waals surface area contributed by atoms with Crippen LogP contribution in [0.1, 0.15) is 20.8 Å². The maximum Gasteiger partial charge on any atom is 0.291 e. The van der Waals surface area contributed by atoms with Crippen LogP contribution in [0.4, 0.5) is 0 Å². The topological polar surface area (TPSA) is 136 Å². The quantitative estimate of drug-likeness (QED) is 0.503. The number of hydrogen-bond donors (Lipinski definition) is 3. The minimum atomic E-state index is -1.23. The van der Waals surface area contributed by atoms with Crippen molar-refractivity contribution in [2.24, 2.45) is 11.5 Å². The fourth-order valence-corrected chi connectivity index (χ4v) is 1.79. The van der Waals surface area contributed by atoms with Gasteiger partial charge in [-0.3, -0.25) is 19.2 Å². The van der Waals surface area contributed by atoms with Gasteiger partial charge in [0.25, 0.3) is 23.4 Å². The predicted molar refractivity (Wildman–Crippen MR) is 65.3 cm³/mol. The number of carbonyl (C=O) groups excluding carboxylic acids is 4. The number of benzene rings is 1. The lowest BCUT2D eigenvalue weighted by Crippen LogP contribution is -2.28. The predicted octanol–water partition coefficient (Wildman–Crippen LogP) is -0.496. The van der Waals surface area contributed by atoms with Gasteiger partial charge in [-0.2, -0.15) is 0 Å². The average Bonchev–Trinajstić information content (AvgIpc) is 2.75. The van der Waals surface area contributed by atoms with Crippen LogP contribution in [0.25, 0.3) is 10.9 Å². The Morgan fingerprint density at radius 3 is 2.05 bits per heavy atom. The third kappa shape index (κ3) is 1.97. The molecule has 2 rings (SSSR count). The van der Waals surface area contributed by atoms with E-state index in [2.05, 4.69) is 4.98 Å². The summed E-state index contributed by atoms with van der Waals surface area (Å²) in [5, 5.41) is 0.330. The molecule has 0 atom stereocenters. The number of hydrogen-bond acceptors (Lipinski definition) is 4. The highest BCUT2D eigenvalue weighted by atomic mass is 16.2. The zero-order chi connectivity index (χ0) is 14.2. The number of H-pyrrole nitrogens is 1. The van der Waals surface area contributed by atoms with Gasteiger partial charge in [-0.15, -0.1) is 0 Å². The number of carbonyl (C=O) groups is 4. The maximum absolute atomic E-state index is 11.8. The van der Waals surface area contributed by atoms with E-state index in [0.717, 1.165) is 0 Å². The third-order valence-electron chi connectivity index (χ3n) is 2.61. The van der Waals surface area contributed by atoms with Gasteiger partial charge < -0.3 is 16.5 Å². The van der Waals surface area contributed by atoms with Gasteiger partial charge in [-0.05, 0) is 6.07 Å². The van der Waals surface area contributed by atoms with Crippen molar-refractivity contribution < 1.29 is 19.2 Å². The van der Waals surface area contributed by atoms with Crippen molar-refractivity contribution in [3.63, 3.8) is 0 Å². The second kappa shape index (κ2) is 4.37. The minimum absolute atomic E-state index is 0.230. The second-order valence-corrected chi connectivity index (χ2v) is 3.81. The van der Waals surface area contributed by atoms with Crippen LogP contribution in [0.3, 0.4) is 0 Å². The summed E-state index contributed by atoms with van der Waals surface area (Å²) in [6.45, 7) is 0.